The first-order chi connectivity index (χ1) is 11.9. The van der Waals surface area contributed by atoms with E-state index in [4.69, 9.17) is 0 Å². The molecule has 1 amide bonds. The standard InChI is InChI=1S/C15H13FN4O3S2/c1-9(15(21)17-11-5-2-4-10(16)8-11)20-25(22,23)13-7-3-6-12-14(13)19-24-18-12/h2-9,20H,1H3,(H,17,21). The third kappa shape index (κ3) is 3.81. The largest absolute Gasteiger partial charge is 0.325 e. The third-order valence-electron chi connectivity index (χ3n) is 3.36. The number of amides is 1. The van der Waals surface area contributed by atoms with Gasteiger partial charge in [-0.1, -0.05) is 12.1 Å². The Balaban J connectivity index is 1.78. The Morgan fingerprint density at radius 2 is 1.96 bits per heavy atom. The molecule has 0 aliphatic rings. The highest BCUT2D eigenvalue weighted by Crippen LogP contribution is 2.21. The molecule has 1 heterocycles. The molecule has 0 aliphatic carbocycles. The SMILES string of the molecule is CC(NS(=O)(=O)c1cccc2nsnc12)C(=O)Nc1cccc(F)c1. The second kappa shape index (κ2) is 6.82. The molecule has 1 aromatic heterocycles. The van der Waals surface area contributed by atoms with Gasteiger partial charge in [-0.3, -0.25) is 4.79 Å². The van der Waals surface area contributed by atoms with Crippen LogP contribution >= 0.6 is 11.7 Å². The molecule has 3 aromatic rings. The molecule has 130 valence electrons. The monoisotopic (exact) mass is 380 g/mol. The Kier molecular flexibility index (Phi) is 4.75. The number of nitrogens with zero attached hydrogens (tertiary/aromatic N) is 2. The summed E-state index contributed by atoms with van der Waals surface area (Å²) in [7, 11) is -3.98. The van der Waals surface area contributed by atoms with Gasteiger partial charge in [-0.25, -0.2) is 12.8 Å². The summed E-state index contributed by atoms with van der Waals surface area (Å²) in [6.07, 6.45) is 0. The maximum atomic E-state index is 13.2. The highest BCUT2D eigenvalue weighted by atomic mass is 32.2. The van der Waals surface area contributed by atoms with Crippen LogP contribution in [0.15, 0.2) is 47.4 Å². The van der Waals surface area contributed by atoms with Gasteiger partial charge in [-0.2, -0.15) is 13.5 Å². The third-order valence-corrected chi connectivity index (χ3v) is 5.47. The van der Waals surface area contributed by atoms with Gasteiger partial charge in [-0.15, -0.1) is 0 Å². The van der Waals surface area contributed by atoms with Crippen molar-refractivity contribution in [1.82, 2.24) is 13.5 Å². The molecule has 1 unspecified atom stereocenters. The van der Waals surface area contributed by atoms with Gasteiger partial charge in [-0.05, 0) is 37.3 Å². The number of hydrogen-bond donors (Lipinski definition) is 2. The first-order valence-electron chi connectivity index (χ1n) is 7.17. The molecule has 0 radical (unpaired) electrons. The predicted molar refractivity (Wildman–Crippen MR) is 92.2 cm³/mol. The van der Waals surface area contributed by atoms with E-state index in [-0.39, 0.29) is 16.1 Å². The van der Waals surface area contributed by atoms with Crippen LogP contribution in [0.3, 0.4) is 0 Å². The minimum absolute atomic E-state index is 0.0517. The molecule has 7 nitrogen and oxygen atoms in total. The Labute approximate surface area is 147 Å². The van der Waals surface area contributed by atoms with Gasteiger partial charge in [0.1, 0.15) is 21.7 Å². The molecule has 1 atom stereocenters. The van der Waals surface area contributed by atoms with Crippen molar-refractivity contribution in [1.29, 1.82) is 0 Å². The summed E-state index contributed by atoms with van der Waals surface area (Å²) in [5, 5.41) is 2.46. The molecular weight excluding hydrogens is 367 g/mol. The van der Waals surface area contributed by atoms with E-state index in [1.807, 2.05) is 0 Å². The first kappa shape index (κ1) is 17.4. The number of benzene rings is 2. The summed E-state index contributed by atoms with van der Waals surface area (Å²) in [5.74, 6) is -1.12. The number of halogens is 1. The summed E-state index contributed by atoms with van der Waals surface area (Å²) < 4.78 is 48.5. The van der Waals surface area contributed by atoms with Crippen molar-refractivity contribution < 1.29 is 17.6 Å². The number of anilines is 1. The van der Waals surface area contributed by atoms with Gasteiger partial charge >= 0.3 is 0 Å². The van der Waals surface area contributed by atoms with Gasteiger partial charge in [0.05, 0.1) is 17.8 Å². The van der Waals surface area contributed by atoms with Crippen LogP contribution < -0.4 is 10.0 Å². The topological polar surface area (TPSA) is 101 Å². The van der Waals surface area contributed by atoms with Gasteiger partial charge in [0.2, 0.25) is 15.9 Å². The molecule has 0 bridgehead atoms. The van der Waals surface area contributed by atoms with E-state index in [1.54, 1.807) is 12.1 Å². The zero-order valence-corrected chi connectivity index (χ0v) is 14.6. The van der Waals surface area contributed by atoms with Crippen LogP contribution in [-0.2, 0) is 14.8 Å². The molecule has 0 aliphatic heterocycles. The average Bonchev–Trinajstić information content (AvgIpc) is 3.02. The minimum atomic E-state index is -3.98. The summed E-state index contributed by atoms with van der Waals surface area (Å²) in [6, 6.07) is 8.84. The summed E-state index contributed by atoms with van der Waals surface area (Å²) in [6.45, 7) is 1.39. The first-order valence-corrected chi connectivity index (χ1v) is 9.38. The molecule has 0 saturated carbocycles. The number of rotatable bonds is 5. The molecule has 0 spiro atoms. The van der Waals surface area contributed by atoms with E-state index in [0.29, 0.717) is 5.52 Å². The average molecular weight is 380 g/mol. The number of carbonyl (C=O) groups excluding carboxylic acids is 1. The van der Waals surface area contributed by atoms with Crippen molar-refractivity contribution in [2.45, 2.75) is 17.9 Å². The van der Waals surface area contributed by atoms with Crippen LogP contribution in [0.25, 0.3) is 11.0 Å². The Morgan fingerprint density at radius 1 is 1.20 bits per heavy atom. The van der Waals surface area contributed by atoms with Crippen LogP contribution in [0.4, 0.5) is 10.1 Å². The van der Waals surface area contributed by atoms with Crippen molar-refractivity contribution >= 4 is 44.4 Å². The number of hydrogen-bond acceptors (Lipinski definition) is 6. The van der Waals surface area contributed by atoms with Gasteiger partial charge in [0.25, 0.3) is 0 Å². The number of fused-ring (bicyclic) bond motifs is 1. The van der Waals surface area contributed by atoms with E-state index in [0.717, 1.165) is 17.8 Å². The minimum Gasteiger partial charge on any atom is -0.325 e. The highest BCUT2D eigenvalue weighted by molar-refractivity contribution is 7.89. The van der Waals surface area contributed by atoms with E-state index in [9.17, 15) is 17.6 Å². The summed E-state index contributed by atoms with van der Waals surface area (Å²) in [4.78, 5) is 12.1. The maximum absolute atomic E-state index is 13.2. The Bertz CT molecular complexity index is 1040. The molecule has 10 heteroatoms. The molecule has 25 heavy (non-hydrogen) atoms. The van der Waals surface area contributed by atoms with E-state index < -0.39 is 27.8 Å². The number of nitrogens with one attached hydrogen (secondary N) is 2. The van der Waals surface area contributed by atoms with Crippen molar-refractivity contribution in [2.75, 3.05) is 5.32 Å². The summed E-state index contributed by atoms with van der Waals surface area (Å²) in [5.41, 5.74) is 0.948. The number of aromatic nitrogens is 2. The number of sulfonamides is 1. The summed E-state index contributed by atoms with van der Waals surface area (Å²) >= 11 is 0.904. The normalized spacial score (nSPS) is 12.9. The quantitative estimate of drug-likeness (QED) is 0.706. The fraction of sp³-hybridized carbons (Fsp3) is 0.133. The Hall–Kier alpha value is -2.43. The van der Waals surface area contributed by atoms with Crippen LogP contribution in [0, 0.1) is 5.82 Å². The predicted octanol–water partition coefficient (Wildman–Crippen LogP) is 2.14. The molecule has 2 N–H and O–H groups in total. The van der Waals surface area contributed by atoms with Crippen LogP contribution in [0.1, 0.15) is 6.92 Å². The smallest absolute Gasteiger partial charge is 0.243 e. The lowest BCUT2D eigenvalue weighted by atomic mass is 10.3. The maximum Gasteiger partial charge on any atom is 0.243 e. The van der Waals surface area contributed by atoms with Crippen molar-refractivity contribution in [2.24, 2.45) is 0 Å². The fourth-order valence-electron chi connectivity index (χ4n) is 2.16. The van der Waals surface area contributed by atoms with Crippen LogP contribution in [0.5, 0.6) is 0 Å². The van der Waals surface area contributed by atoms with E-state index >= 15 is 0 Å². The highest BCUT2D eigenvalue weighted by Gasteiger charge is 2.25. The van der Waals surface area contributed by atoms with Gasteiger partial charge in [0.15, 0.2) is 0 Å². The molecule has 0 saturated heterocycles. The van der Waals surface area contributed by atoms with Crippen molar-refractivity contribution in [3.8, 4) is 0 Å². The van der Waals surface area contributed by atoms with Gasteiger partial charge < -0.3 is 5.32 Å². The molecule has 2 aromatic carbocycles. The second-order valence-corrected chi connectivity index (χ2v) is 7.44. The van der Waals surface area contributed by atoms with E-state index in [1.165, 1.54) is 31.2 Å². The lowest BCUT2D eigenvalue weighted by Gasteiger charge is -2.14. The number of carbonyl (C=O) groups is 1. The van der Waals surface area contributed by atoms with Gasteiger partial charge in [0, 0.05) is 5.69 Å². The Morgan fingerprint density at radius 3 is 2.72 bits per heavy atom. The van der Waals surface area contributed by atoms with Crippen molar-refractivity contribution in [3.63, 3.8) is 0 Å². The lowest BCUT2D eigenvalue weighted by molar-refractivity contribution is -0.117. The van der Waals surface area contributed by atoms with Crippen LogP contribution in [-0.4, -0.2) is 29.1 Å². The second-order valence-electron chi connectivity index (χ2n) is 5.23. The zero-order chi connectivity index (χ0) is 18.0. The van der Waals surface area contributed by atoms with E-state index in [2.05, 4.69) is 18.8 Å². The fourth-order valence-corrected chi connectivity index (χ4v) is 4.13. The lowest BCUT2D eigenvalue weighted by Crippen LogP contribution is -2.41. The van der Waals surface area contributed by atoms with Crippen molar-refractivity contribution in [3.05, 3.63) is 48.3 Å². The molecule has 0 fully saturated rings. The zero-order valence-electron chi connectivity index (χ0n) is 12.9. The van der Waals surface area contributed by atoms with Crippen LogP contribution in [0.2, 0.25) is 0 Å². The molecule has 3 rings (SSSR count). The molecular formula is C15H13FN4O3S2.